The Morgan fingerprint density at radius 1 is 0.951 bits per heavy atom. The fourth-order valence-corrected chi connectivity index (χ4v) is 6.17. The molecule has 0 aliphatic carbocycles. The van der Waals surface area contributed by atoms with Crippen LogP contribution in [0.15, 0.2) is 71.9 Å². The Morgan fingerprint density at radius 2 is 1.76 bits per heavy atom. The number of halogens is 1. The zero-order valence-corrected chi connectivity index (χ0v) is 24.5. The number of hydrogen-bond acceptors (Lipinski definition) is 7. The van der Waals surface area contributed by atoms with Crippen LogP contribution in [0.1, 0.15) is 24.0 Å². The van der Waals surface area contributed by atoms with Gasteiger partial charge in [0.25, 0.3) is 0 Å². The lowest BCUT2D eigenvalue weighted by atomic mass is 10.1. The summed E-state index contributed by atoms with van der Waals surface area (Å²) in [5.74, 6) is 3.36. The van der Waals surface area contributed by atoms with Crippen molar-refractivity contribution in [2.24, 2.45) is 0 Å². The molecule has 3 aromatic carbocycles. The zero-order valence-electron chi connectivity index (χ0n) is 23.0. The number of aryl methyl sites for hydroxylation is 1. The van der Waals surface area contributed by atoms with E-state index in [9.17, 15) is 4.79 Å². The summed E-state index contributed by atoms with van der Waals surface area (Å²) in [6, 6.07) is 22.1. The first-order chi connectivity index (χ1) is 20.0. The molecule has 1 fully saturated rings. The fourth-order valence-electron chi connectivity index (χ4n) is 5.10. The predicted octanol–water partition coefficient (Wildman–Crippen LogP) is 5.84. The van der Waals surface area contributed by atoms with E-state index >= 15 is 0 Å². The van der Waals surface area contributed by atoms with Crippen molar-refractivity contribution in [1.82, 2.24) is 24.6 Å². The van der Waals surface area contributed by atoms with E-state index in [1.54, 1.807) is 11.8 Å². The first-order valence-corrected chi connectivity index (χ1v) is 15.2. The number of nitrogens with zero attached hydrogens (tertiary/aromatic N) is 5. The molecule has 0 bridgehead atoms. The normalized spacial score (nSPS) is 14.9. The summed E-state index contributed by atoms with van der Waals surface area (Å²) in [6.07, 6.45) is 1.29. The molecule has 2 aliphatic heterocycles. The van der Waals surface area contributed by atoms with E-state index < -0.39 is 0 Å². The van der Waals surface area contributed by atoms with Crippen molar-refractivity contribution in [2.75, 3.05) is 38.7 Å². The summed E-state index contributed by atoms with van der Waals surface area (Å²) in [6.45, 7) is 6.41. The molecule has 41 heavy (non-hydrogen) atoms. The third-order valence-electron chi connectivity index (χ3n) is 7.34. The van der Waals surface area contributed by atoms with Crippen molar-refractivity contribution >= 4 is 29.3 Å². The van der Waals surface area contributed by atoms with E-state index in [1.165, 1.54) is 11.1 Å². The van der Waals surface area contributed by atoms with Gasteiger partial charge in [0.1, 0.15) is 0 Å². The monoisotopic (exact) mass is 589 g/mol. The SMILES string of the molecule is Cc1ccc(-c2nnc(SCCCC(=O)N3CCN(Cc4ccc5c(c4)OCO5)CC3)n2-c2cccc(Cl)c2)cc1. The van der Waals surface area contributed by atoms with Crippen LogP contribution in [0.25, 0.3) is 17.1 Å². The maximum Gasteiger partial charge on any atom is 0.231 e. The van der Waals surface area contributed by atoms with E-state index in [1.807, 2.05) is 39.8 Å². The number of amides is 1. The molecule has 1 aromatic heterocycles. The van der Waals surface area contributed by atoms with Crippen molar-refractivity contribution in [1.29, 1.82) is 0 Å². The van der Waals surface area contributed by atoms with Crippen LogP contribution in [0.3, 0.4) is 0 Å². The smallest absolute Gasteiger partial charge is 0.231 e. The molecule has 0 spiro atoms. The lowest BCUT2D eigenvalue weighted by molar-refractivity contribution is -0.133. The van der Waals surface area contributed by atoms with Gasteiger partial charge in [0.2, 0.25) is 12.7 Å². The van der Waals surface area contributed by atoms with Crippen LogP contribution < -0.4 is 9.47 Å². The second-order valence-corrected chi connectivity index (χ2v) is 11.8. The number of rotatable bonds is 9. The first-order valence-electron chi connectivity index (χ1n) is 13.8. The minimum absolute atomic E-state index is 0.213. The molecule has 1 amide bonds. The number of hydrogen-bond donors (Lipinski definition) is 0. The van der Waals surface area contributed by atoms with Gasteiger partial charge in [-0.15, -0.1) is 10.2 Å². The Balaban J connectivity index is 1.02. The van der Waals surface area contributed by atoms with Crippen molar-refractivity contribution in [2.45, 2.75) is 31.5 Å². The van der Waals surface area contributed by atoms with Gasteiger partial charge in [-0.25, -0.2) is 0 Å². The quantitative estimate of drug-likeness (QED) is 0.179. The Morgan fingerprint density at radius 3 is 2.56 bits per heavy atom. The van der Waals surface area contributed by atoms with Crippen LogP contribution in [0, 0.1) is 6.92 Å². The van der Waals surface area contributed by atoms with E-state index in [0.717, 1.165) is 78.6 Å². The molecule has 3 heterocycles. The Bertz CT molecular complexity index is 1520. The number of fused-ring (bicyclic) bond motifs is 1. The highest BCUT2D eigenvalue weighted by atomic mass is 35.5. The Labute approximate surface area is 249 Å². The highest BCUT2D eigenvalue weighted by Crippen LogP contribution is 2.33. The van der Waals surface area contributed by atoms with Gasteiger partial charge in [-0.3, -0.25) is 14.3 Å². The van der Waals surface area contributed by atoms with Gasteiger partial charge in [-0.2, -0.15) is 0 Å². The minimum atomic E-state index is 0.213. The maximum absolute atomic E-state index is 13.0. The topological polar surface area (TPSA) is 72.7 Å². The molecule has 0 saturated carbocycles. The average molecular weight is 590 g/mol. The fraction of sp³-hybridized carbons (Fsp3) is 0.323. The Hall–Kier alpha value is -3.53. The van der Waals surface area contributed by atoms with Crippen molar-refractivity contribution in [3.05, 3.63) is 82.9 Å². The van der Waals surface area contributed by atoms with Gasteiger partial charge >= 0.3 is 0 Å². The lowest BCUT2D eigenvalue weighted by Crippen LogP contribution is -2.48. The van der Waals surface area contributed by atoms with Gasteiger partial charge in [0.05, 0.1) is 5.69 Å². The van der Waals surface area contributed by atoms with E-state index in [4.69, 9.17) is 21.1 Å². The van der Waals surface area contributed by atoms with Crippen LogP contribution >= 0.6 is 23.4 Å². The van der Waals surface area contributed by atoms with Gasteiger partial charge in [0, 0.05) is 55.5 Å². The largest absolute Gasteiger partial charge is 0.454 e. The van der Waals surface area contributed by atoms with E-state index in [2.05, 4.69) is 58.4 Å². The van der Waals surface area contributed by atoms with Crippen molar-refractivity contribution < 1.29 is 14.3 Å². The number of benzene rings is 3. The van der Waals surface area contributed by atoms with Crippen LogP contribution in [0.2, 0.25) is 5.02 Å². The van der Waals surface area contributed by atoms with Crippen molar-refractivity contribution in [3.8, 4) is 28.6 Å². The predicted molar refractivity (Wildman–Crippen MR) is 161 cm³/mol. The average Bonchev–Trinajstić information content (AvgIpc) is 3.63. The highest BCUT2D eigenvalue weighted by Gasteiger charge is 2.22. The lowest BCUT2D eigenvalue weighted by Gasteiger charge is -2.34. The first kappa shape index (κ1) is 27.6. The van der Waals surface area contributed by atoms with Crippen LogP contribution in [0.4, 0.5) is 0 Å². The van der Waals surface area contributed by atoms with Gasteiger partial charge < -0.3 is 14.4 Å². The van der Waals surface area contributed by atoms with Crippen LogP contribution in [-0.2, 0) is 11.3 Å². The van der Waals surface area contributed by atoms with Crippen LogP contribution in [-0.4, -0.2) is 69.2 Å². The number of carbonyl (C=O) groups is 1. The molecule has 6 rings (SSSR count). The number of aromatic nitrogens is 3. The molecule has 0 atom stereocenters. The Kier molecular flexibility index (Phi) is 8.46. The molecule has 4 aromatic rings. The van der Waals surface area contributed by atoms with Gasteiger partial charge in [-0.1, -0.05) is 65.3 Å². The molecule has 8 nitrogen and oxygen atoms in total. The molecule has 0 N–H and O–H groups in total. The molecule has 10 heteroatoms. The highest BCUT2D eigenvalue weighted by molar-refractivity contribution is 7.99. The molecule has 2 aliphatic rings. The molecule has 212 valence electrons. The summed E-state index contributed by atoms with van der Waals surface area (Å²) in [4.78, 5) is 17.3. The number of piperazine rings is 1. The third-order valence-corrected chi connectivity index (χ3v) is 8.59. The summed E-state index contributed by atoms with van der Waals surface area (Å²) in [5, 5.41) is 10.5. The van der Waals surface area contributed by atoms with Gasteiger partial charge in [-0.05, 0) is 49.2 Å². The summed E-state index contributed by atoms with van der Waals surface area (Å²) in [5.41, 5.74) is 4.29. The number of carbonyl (C=O) groups excluding carboxylic acids is 1. The molecular formula is C31H32ClN5O3S. The van der Waals surface area contributed by atoms with E-state index in [0.29, 0.717) is 11.4 Å². The maximum atomic E-state index is 13.0. The zero-order chi connectivity index (χ0) is 28.2. The second-order valence-electron chi connectivity index (χ2n) is 10.3. The van der Waals surface area contributed by atoms with Gasteiger partial charge in [0.15, 0.2) is 22.5 Å². The summed E-state index contributed by atoms with van der Waals surface area (Å²) >= 11 is 7.94. The van der Waals surface area contributed by atoms with Crippen LogP contribution in [0.5, 0.6) is 11.5 Å². The number of ether oxygens (including phenoxy) is 2. The summed E-state index contributed by atoms with van der Waals surface area (Å²) in [7, 11) is 0. The van der Waals surface area contributed by atoms with Crippen molar-refractivity contribution in [3.63, 3.8) is 0 Å². The standard InChI is InChI=1S/C31H32ClN5O3S/c1-22-7-10-24(11-8-22)30-33-34-31(37(30)26-5-2-4-25(32)19-26)41-17-3-6-29(38)36-15-13-35(14-16-36)20-23-9-12-27-28(18-23)40-21-39-27/h2,4-5,7-12,18-19H,3,6,13-17,20-21H2,1H3. The molecule has 1 saturated heterocycles. The molecule has 0 radical (unpaired) electrons. The summed E-state index contributed by atoms with van der Waals surface area (Å²) < 4.78 is 13.0. The second kappa shape index (κ2) is 12.5. The number of thioether (sulfide) groups is 1. The molecule has 0 unspecified atom stereocenters. The molecular weight excluding hydrogens is 558 g/mol. The third kappa shape index (κ3) is 6.53. The minimum Gasteiger partial charge on any atom is -0.454 e. The van der Waals surface area contributed by atoms with E-state index in [-0.39, 0.29) is 12.7 Å².